The molecule has 2 aliphatic rings. The molecule has 1 aromatic rings. The molecule has 0 radical (unpaired) electrons. The van der Waals surface area contributed by atoms with E-state index in [0.29, 0.717) is 42.2 Å². The number of hydrogen-bond donors (Lipinski definition) is 2. The minimum absolute atomic E-state index is 0.0666. The smallest absolute Gasteiger partial charge is 0.287 e. The first-order chi connectivity index (χ1) is 11.3. The van der Waals surface area contributed by atoms with Gasteiger partial charge in [-0.15, -0.1) is 0 Å². The molecule has 0 bridgehead atoms. The van der Waals surface area contributed by atoms with Crippen LogP contribution in [0.2, 0.25) is 0 Å². The summed E-state index contributed by atoms with van der Waals surface area (Å²) in [6.07, 6.45) is 4.53. The lowest BCUT2D eigenvalue weighted by molar-refractivity contribution is 0.0847. The fraction of sp³-hybridized carbons (Fsp3) is 0.684. The van der Waals surface area contributed by atoms with E-state index in [4.69, 9.17) is 4.42 Å². The lowest BCUT2D eigenvalue weighted by Gasteiger charge is -2.27. The number of aliphatic hydroxyl groups is 1. The quantitative estimate of drug-likeness (QED) is 0.891. The molecule has 1 amide bonds. The van der Waals surface area contributed by atoms with E-state index < -0.39 is 0 Å². The number of hydrogen-bond acceptors (Lipinski definition) is 4. The molecule has 0 saturated heterocycles. The van der Waals surface area contributed by atoms with Crippen molar-refractivity contribution in [2.45, 2.75) is 65.4 Å². The third kappa shape index (κ3) is 3.41. The lowest BCUT2D eigenvalue weighted by atomic mass is 9.76. The van der Waals surface area contributed by atoms with E-state index in [9.17, 15) is 14.7 Å². The monoisotopic (exact) mass is 333 g/mol. The Labute approximate surface area is 142 Å². The molecular formula is C19H27NO4. The van der Waals surface area contributed by atoms with Crippen LogP contribution < -0.4 is 5.32 Å². The molecular weight excluding hydrogens is 306 g/mol. The molecule has 0 aliphatic heterocycles. The molecule has 1 heterocycles. The Morgan fingerprint density at radius 1 is 1.33 bits per heavy atom. The molecule has 132 valence electrons. The number of rotatable bonds is 3. The topological polar surface area (TPSA) is 79.5 Å². The zero-order chi connectivity index (χ0) is 17.5. The van der Waals surface area contributed by atoms with Gasteiger partial charge in [0.2, 0.25) is 0 Å². The Balaban J connectivity index is 1.71. The van der Waals surface area contributed by atoms with Gasteiger partial charge in [-0.05, 0) is 37.5 Å². The number of nitrogens with one attached hydrogen (secondary N) is 1. The average Bonchev–Trinajstić information content (AvgIpc) is 2.80. The predicted octanol–water partition coefficient (Wildman–Crippen LogP) is 3.02. The number of furan rings is 1. The van der Waals surface area contributed by atoms with Gasteiger partial charge in [0.05, 0.1) is 11.7 Å². The number of fused-ring (bicyclic) bond motifs is 1. The van der Waals surface area contributed by atoms with Crippen LogP contribution in [0.3, 0.4) is 0 Å². The van der Waals surface area contributed by atoms with Crippen LogP contribution >= 0.6 is 0 Å². The van der Waals surface area contributed by atoms with Crippen molar-refractivity contribution < 1.29 is 19.1 Å². The largest absolute Gasteiger partial charge is 0.455 e. The molecule has 5 nitrogen and oxygen atoms in total. The summed E-state index contributed by atoms with van der Waals surface area (Å²) < 4.78 is 5.78. The standard InChI is InChI=1S/C19H27NO4/c1-11-16-14(22)8-19(2,3)9-15(16)24-17(11)18(23)20-10-12-5-4-6-13(21)7-12/h12-13,21H,4-10H2,1-3H3,(H,20,23). The summed E-state index contributed by atoms with van der Waals surface area (Å²) in [5.41, 5.74) is 1.14. The van der Waals surface area contributed by atoms with Crippen LogP contribution in [-0.4, -0.2) is 29.4 Å². The number of carbonyl (C=O) groups excluding carboxylic acids is 2. The van der Waals surface area contributed by atoms with Crippen LogP contribution in [-0.2, 0) is 6.42 Å². The highest BCUT2D eigenvalue weighted by molar-refractivity contribution is 6.03. The molecule has 2 aliphatic carbocycles. The number of Topliss-reactive ketones (excluding diaryl/α,β-unsaturated/α-hetero) is 1. The number of ketones is 1. The van der Waals surface area contributed by atoms with Gasteiger partial charge >= 0.3 is 0 Å². The van der Waals surface area contributed by atoms with Crippen molar-refractivity contribution in [3.63, 3.8) is 0 Å². The van der Waals surface area contributed by atoms with Crippen LogP contribution in [0.15, 0.2) is 4.42 Å². The van der Waals surface area contributed by atoms with Crippen LogP contribution in [0.25, 0.3) is 0 Å². The SMILES string of the molecule is Cc1c(C(=O)NCC2CCCC(O)C2)oc2c1C(=O)CC(C)(C)C2. The maximum atomic E-state index is 12.5. The summed E-state index contributed by atoms with van der Waals surface area (Å²) in [7, 11) is 0. The van der Waals surface area contributed by atoms with Crippen molar-refractivity contribution in [2.24, 2.45) is 11.3 Å². The van der Waals surface area contributed by atoms with Crippen LogP contribution in [0.5, 0.6) is 0 Å². The molecule has 1 saturated carbocycles. The molecule has 1 fully saturated rings. The third-order valence-corrected chi connectivity index (χ3v) is 5.29. The molecule has 2 N–H and O–H groups in total. The van der Waals surface area contributed by atoms with Gasteiger partial charge in [0.15, 0.2) is 11.5 Å². The van der Waals surface area contributed by atoms with Gasteiger partial charge in [-0.2, -0.15) is 0 Å². The van der Waals surface area contributed by atoms with Gasteiger partial charge in [-0.1, -0.05) is 20.3 Å². The molecule has 3 rings (SSSR count). The van der Waals surface area contributed by atoms with E-state index in [0.717, 1.165) is 25.7 Å². The van der Waals surface area contributed by atoms with Crippen molar-refractivity contribution in [1.82, 2.24) is 5.32 Å². The summed E-state index contributed by atoms with van der Waals surface area (Å²) >= 11 is 0. The minimum Gasteiger partial charge on any atom is -0.455 e. The number of amides is 1. The second-order valence-corrected chi connectivity index (χ2v) is 8.19. The van der Waals surface area contributed by atoms with Crippen molar-refractivity contribution in [3.8, 4) is 0 Å². The molecule has 2 unspecified atom stereocenters. The summed E-state index contributed by atoms with van der Waals surface area (Å²) in [4.78, 5) is 24.9. The molecule has 0 spiro atoms. The Morgan fingerprint density at radius 3 is 2.79 bits per heavy atom. The van der Waals surface area contributed by atoms with Crippen molar-refractivity contribution in [2.75, 3.05) is 6.54 Å². The van der Waals surface area contributed by atoms with E-state index in [2.05, 4.69) is 5.32 Å². The maximum Gasteiger partial charge on any atom is 0.287 e. The first-order valence-electron chi connectivity index (χ1n) is 8.88. The average molecular weight is 333 g/mol. The maximum absolute atomic E-state index is 12.5. The highest BCUT2D eigenvalue weighted by Crippen LogP contribution is 2.38. The molecule has 0 aromatic carbocycles. The molecule has 1 aromatic heterocycles. The Hall–Kier alpha value is -1.62. The van der Waals surface area contributed by atoms with E-state index in [1.54, 1.807) is 6.92 Å². The van der Waals surface area contributed by atoms with E-state index in [1.807, 2.05) is 13.8 Å². The number of aliphatic hydroxyl groups excluding tert-OH is 1. The zero-order valence-electron chi connectivity index (χ0n) is 14.8. The third-order valence-electron chi connectivity index (χ3n) is 5.29. The molecule has 2 atom stereocenters. The zero-order valence-corrected chi connectivity index (χ0v) is 14.8. The Morgan fingerprint density at radius 2 is 2.08 bits per heavy atom. The van der Waals surface area contributed by atoms with Crippen LogP contribution in [0.4, 0.5) is 0 Å². The van der Waals surface area contributed by atoms with Gasteiger partial charge in [-0.25, -0.2) is 0 Å². The normalized spacial score (nSPS) is 26.1. The van der Waals surface area contributed by atoms with Crippen molar-refractivity contribution in [3.05, 3.63) is 22.6 Å². The summed E-state index contributed by atoms with van der Waals surface area (Å²) in [6, 6.07) is 0. The predicted molar refractivity (Wildman–Crippen MR) is 90.2 cm³/mol. The van der Waals surface area contributed by atoms with Crippen molar-refractivity contribution in [1.29, 1.82) is 0 Å². The summed E-state index contributed by atoms with van der Waals surface area (Å²) in [6.45, 7) is 6.41. The Bertz CT molecular complexity index is 659. The van der Waals surface area contributed by atoms with E-state index in [-0.39, 0.29) is 29.0 Å². The Kier molecular flexibility index (Phi) is 4.56. The van der Waals surface area contributed by atoms with Gasteiger partial charge in [-0.3, -0.25) is 9.59 Å². The highest BCUT2D eigenvalue weighted by atomic mass is 16.4. The second-order valence-electron chi connectivity index (χ2n) is 8.19. The first-order valence-corrected chi connectivity index (χ1v) is 8.88. The molecule has 5 heteroatoms. The van der Waals surface area contributed by atoms with Gasteiger partial charge < -0.3 is 14.8 Å². The highest BCUT2D eigenvalue weighted by Gasteiger charge is 2.37. The van der Waals surface area contributed by atoms with Gasteiger partial charge in [0.1, 0.15) is 5.76 Å². The first kappa shape index (κ1) is 17.2. The molecule has 24 heavy (non-hydrogen) atoms. The van der Waals surface area contributed by atoms with Gasteiger partial charge in [0.25, 0.3) is 5.91 Å². The lowest BCUT2D eigenvalue weighted by Crippen LogP contribution is -2.33. The van der Waals surface area contributed by atoms with Crippen LogP contribution in [0.1, 0.15) is 78.2 Å². The fourth-order valence-corrected chi connectivity index (χ4v) is 4.06. The second kappa shape index (κ2) is 6.36. The fourth-order valence-electron chi connectivity index (χ4n) is 4.06. The summed E-state index contributed by atoms with van der Waals surface area (Å²) in [5.74, 6) is 1.03. The minimum atomic E-state index is -0.257. The van der Waals surface area contributed by atoms with E-state index >= 15 is 0 Å². The van der Waals surface area contributed by atoms with Crippen LogP contribution in [0, 0.1) is 18.3 Å². The van der Waals surface area contributed by atoms with E-state index in [1.165, 1.54) is 0 Å². The van der Waals surface area contributed by atoms with Crippen molar-refractivity contribution >= 4 is 11.7 Å². The number of carbonyl (C=O) groups is 2. The van der Waals surface area contributed by atoms with Gasteiger partial charge in [0, 0.05) is 24.9 Å². The summed E-state index contributed by atoms with van der Waals surface area (Å²) in [5, 5.41) is 12.6.